The number of amides is 2. The number of likely N-dealkylation sites (tertiary alicyclic amines) is 1. The molecule has 6 nitrogen and oxygen atoms in total. The molecule has 0 aromatic heterocycles. The van der Waals surface area contributed by atoms with Crippen molar-refractivity contribution in [2.75, 3.05) is 19.6 Å². The maximum Gasteiger partial charge on any atom is 0.308 e. The molecule has 0 unspecified atom stereocenters. The van der Waals surface area contributed by atoms with Gasteiger partial charge in [0.25, 0.3) is 5.91 Å². The molecular formula is C23H25ClN2O4. The second-order valence-electron chi connectivity index (χ2n) is 7.46. The quantitative estimate of drug-likeness (QED) is 0.564. The first-order chi connectivity index (χ1) is 14.4. The Morgan fingerprint density at radius 2 is 1.83 bits per heavy atom. The number of hydrogen-bond donors (Lipinski definition) is 1. The lowest BCUT2D eigenvalue weighted by atomic mass is 9.96. The second kappa shape index (κ2) is 10.3. The molecule has 3 rings (SSSR count). The van der Waals surface area contributed by atoms with E-state index in [0.717, 1.165) is 18.4 Å². The Morgan fingerprint density at radius 1 is 1.10 bits per heavy atom. The van der Waals surface area contributed by atoms with Crippen LogP contribution in [0.15, 0.2) is 48.5 Å². The van der Waals surface area contributed by atoms with E-state index in [4.69, 9.17) is 16.3 Å². The van der Waals surface area contributed by atoms with Crippen LogP contribution in [0.4, 0.5) is 0 Å². The van der Waals surface area contributed by atoms with Crippen LogP contribution < -0.4 is 10.1 Å². The number of hydrogen-bond acceptors (Lipinski definition) is 4. The highest BCUT2D eigenvalue weighted by molar-refractivity contribution is 6.30. The van der Waals surface area contributed by atoms with E-state index in [-0.39, 0.29) is 11.8 Å². The zero-order valence-electron chi connectivity index (χ0n) is 16.9. The van der Waals surface area contributed by atoms with E-state index in [1.54, 1.807) is 30.3 Å². The van der Waals surface area contributed by atoms with E-state index in [2.05, 4.69) is 5.32 Å². The first-order valence-electron chi connectivity index (χ1n) is 9.99. The number of nitrogens with zero attached hydrogens (tertiary/aromatic N) is 1. The van der Waals surface area contributed by atoms with Crippen molar-refractivity contribution in [3.05, 3.63) is 64.7 Å². The lowest BCUT2D eigenvalue weighted by Crippen LogP contribution is -2.42. The number of carbonyl (C=O) groups excluding carboxylic acids is 3. The van der Waals surface area contributed by atoms with Gasteiger partial charge in [-0.1, -0.05) is 29.8 Å². The van der Waals surface area contributed by atoms with Crippen LogP contribution >= 0.6 is 11.6 Å². The summed E-state index contributed by atoms with van der Waals surface area (Å²) in [5, 5.41) is 3.57. The fraction of sp³-hybridized carbons (Fsp3) is 0.348. The highest BCUT2D eigenvalue weighted by Crippen LogP contribution is 2.19. The van der Waals surface area contributed by atoms with Gasteiger partial charge in [-0.05, 0) is 54.7 Å². The molecule has 7 heteroatoms. The van der Waals surface area contributed by atoms with Crippen LogP contribution in [0.25, 0.3) is 0 Å². The zero-order valence-corrected chi connectivity index (χ0v) is 17.7. The van der Waals surface area contributed by atoms with Gasteiger partial charge < -0.3 is 15.0 Å². The number of halogens is 1. The summed E-state index contributed by atoms with van der Waals surface area (Å²) in [7, 11) is 0. The van der Waals surface area contributed by atoms with Gasteiger partial charge in [0.15, 0.2) is 0 Å². The first-order valence-corrected chi connectivity index (χ1v) is 10.4. The SMILES string of the molecule is CC(=O)Oc1cccc(C(=O)NCC2CCN(C(=O)Cc3cccc(Cl)c3)CC2)c1. The molecule has 2 aromatic carbocycles. The van der Waals surface area contributed by atoms with Gasteiger partial charge in [0.05, 0.1) is 6.42 Å². The number of esters is 1. The summed E-state index contributed by atoms with van der Waals surface area (Å²) >= 11 is 5.99. The van der Waals surface area contributed by atoms with E-state index in [1.165, 1.54) is 6.92 Å². The molecule has 1 aliphatic heterocycles. The summed E-state index contributed by atoms with van der Waals surface area (Å²) in [5.41, 5.74) is 1.36. The van der Waals surface area contributed by atoms with Crippen molar-refractivity contribution in [3.63, 3.8) is 0 Å². The maximum absolute atomic E-state index is 12.5. The summed E-state index contributed by atoms with van der Waals surface area (Å²) in [4.78, 5) is 37.9. The van der Waals surface area contributed by atoms with Crippen LogP contribution in [0, 0.1) is 5.92 Å². The van der Waals surface area contributed by atoms with Crippen LogP contribution in [0.3, 0.4) is 0 Å². The summed E-state index contributed by atoms with van der Waals surface area (Å²) in [6, 6.07) is 13.9. The molecule has 2 aromatic rings. The number of carbonyl (C=O) groups is 3. The summed E-state index contributed by atoms with van der Waals surface area (Å²) in [6.07, 6.45) is 2.03. The molecule has 0 saturated carbocycles. The molecule has 1 N–H and O–H groups in total. The Balaban J connectivity index is 1.44. The van der Waals surface area contributed by atoms with Crippen LogP contribution in [0.1, 0.15) is 35.7 Å². The van der Waals surface area contributed by atoms with Gasteiger partial charge in [0.2, 0.25) is 5.91 Å². The van der Waals surface area contributed by atoms with Crippen molar-refractivity contribution in [2.45, 2.75) is 26.2 Å². The Hall–Kier alpha value is -2.86. The van der Waals surface area contributed by atoms with E-state index < -0.39 is 5.97 Å². The van der Waals surface area contributed by atoms with Crippen molar-refractivity contribution in [1.82, 2.24) is 10.2 Å². The minimum Gasteiger partial charge on any atom is -0.427 e. The standard InChI is InChI=1S/C23H25ClN2O4/c1-16(27)30-21-7-3-5-19(14-21)23(29)25-15-17-8-10-26(11-9-17)22(28)13-18-4-2-6-20(24)12-18/h2-7,12,14,17H,8-11,13,15H2,1H3,(H,25,29). The zero-order chi connectivity index (χ0) is 21.5. The summed E-state index contributed by atoms with van der Waals surface area (Å²) in [5.74, 6) is 0.136. The summed E-state index contributed by atoms with van der Waals surface area (Å²) < 4.78 is 5.02. The Bertz CT molecular complexity index is 923. The van der Waals surface area contributed by atoms with Crippen molar-refractivity contribution in [2.24, 2.45) is 5.92 Å². The number of benzene rings is 2. The molecule has 1 heterocycles. The van der Waals surface area contributed by atoms with Gasteiger partial charge in [-0.25, -0.2) is 0 Å². The molecular weight excluding hydrogens is 404 g/mol. The lowest BCUT2D eigenvalue weighted by molar-refractivity contribution is -0.132. The topological polar surface area (TPSA) is 75.7 Å². The minimum absolute atomic E-state index is 0.0991. The third-order valence-electron chi connectivity index (χ3n) is 5.12. The molecule has 0 radical (unpaired) electrons. The molecule has 1 aliphatic rings. The molecule has 30 heavy (non-hydrogen) atoms. The fourth-order valence-corrected chi connectivity index (χ4v) is 3.74. The van der Waals surface area contributed by atoms with E-state index in [9.17, 15) is 14.4 Å². The molecule has 0 bridgehead atoms. The van der Waals surface area contributed by atoms with Crippen molar-refractivity contribution >= 4 is 29.4 Å². The highest BCUT2D eigenvalue weighted by Gasteiger charge is 2.23. The number of rotatable bonds is 6. The van der Waals surface area contributed by atoms with Crippen molar-refractivity contribution < 1.29 is 19.1 Å². The highest BCUT2D eigenvalue weighted by atomic mass is 35.5. The minimum atomic E-state index is -0.427. The monoisotopic (exact) mass is 428 g/mol. The maximum atomic E-state index is 12.5. The van der Waals surface area contributed by atoms with Gasteiger partial charge >= 0.3 is 5.97 Å². The summed E-state index contributed by atoms with van der Waals surface area (Å²) in [6.45, 7) is 3.23. The smallest absolute Gasteiger partial charge is 0.308 e. The average Bonchev–Trinajstić information content (AvgIpc) is 2.72. The Kier molecular flexibility index (Phi) is 7.46. The van der Waals surface area contributed by atoms with Crippen LogP contribution in [-0.4, -0.2) is 42.3 Å². The average molecular weight is 429 g/mol. The van der Waals surface area contributed by atoms with Gasteiger partial charge in [-0.15, -0.1) is 0 Å². The predicted molar refractivity (Wildman–Crippen MR) is 115 cm³/mol. The third-order valence-corrected chi connectivity index (χ3v) is 5.36. The number of nitrogens with one attached hydrogen (secondary N) is 1. The Morgan fingerprint density at radius 3 is 2.53 bits per heavy atom. The van der Waals surface area contributed by atoms with Crippen LogP contribution in [0.5, 0.6) is 5.75 Å². The normalized spacial score (nSPS) is 14.3. The molecule has 0 atom stereocenters. The molecule has 2 amide bonds. The molecule has 0 spiro atoms. The first kappa shape index (κ1) is 21.8. The largest absolute Gasteiger partial charge is 0.427 e. The number of piperidine rings is 1. The molecule has 158 valence electrons. The van der Waals surface area contributed by atoms with E-state index in [0.29, 0.717) is 48.3 Å². The van der Waals surface area contributed by atoms with Crippen LogP contribution in [0.2, 0.25) is 5.02 Å². The third kappa shape index (κ3) is 6.32. The molecule has 1 fully saturated rings. The van der Waals surface area contributed by atoms with E-state index >= 15 is 0 Å². The van der Waals surface area contributed by atoms with Gasteiger partial charge in [-0.2, -0.15) is 0 Å². The van der Waals surface area contributed by atoms with Crippen molar-refractivity contribution in [1.29, 1.82) is 0 Å². The van der Waals surface area contributed by atoms with Gasteiger partial charge in [0, 0.05) is 37.1 Å². The molecule has 0 aliphatic carbocycles. The second-order valence-corrected chi connectivity index (χ2v) is 7.90. The molecule has 1 saturated heterocycles. The van der Waals surface area contributed by atoms with E-state index in [1.807, 2.05) is 23.1 Å². The predicted octanol–water partition coefficient (Wildman–Crippen LogP) is 3.48. The lowest BCUT2D eigenvalue weighted by Gasteiger charge is -2.32. The number of ether oxygens (including phenoxy) is 1. The van der Waals surface area contributed by atoms with Crippen LogP contribution in [-0.2, 0) is 16.0 Å². The Labute approximate surface area is 181 Å². The van der Waals surface area contributed by atoms with Gasteiger partial charge in [-0.3, -0.25) is 14.4 Å². The fourth-order valence-electron chi connectivity index (χ4n) is 3.53. The van der Waals surface area contributed by atoms with Crippen molar-refractivity contribution in [3.8, 4) is 5.75 Å². The van der Waals surface area contributed by atoms with Gasteiger partial charge in [0.1, 0.15) is 5.75 Å².